The van der Waals surface area contributed by atoms with Crippen molar-refractivity contribution in [1.82, 2.24) is 5.32 Å². The Bertz CT molecular complexity index is 659. The number of halogens is 6. The molecule has 6 nitrogen and oxygen atoms in total. The quantitative estimate of drug-likeness (QED) is 0.625. The molecule has 12 heteroatoms. The van der Waals surface area contributed by atoms with Gasteiger partial charge in [-0.05, 0) is 36.5 Å². The zero-order chi connectivity index (χ0) is 22.2. The van der Waals surface area contributed by atoms with Crippen molar-refractivity contribution in [2.45, 2.75) is 31.1 Å². The average Bonchev–Trinajstić information content (AvgIpc) is 3.47. The maximum atomic E-state index is 10.6. The van der Waals surface area contributed by atoms with Crippen LogP contribution in [0.4, 0.5) is 32.0 Å². The van der Waals surface area contributed by atoms with Crippen LogP contribution in [0.15, 0.2) is 24.3 Å². The molecule has 1 saturated carbocycles. The fraction of sp³-hybridized carbons (Fsp3) is 0.529. The van der Waals surface area contributed by atoms with Gasteiger partial charge < -0.3 is 20.4 Å². The minimum absolute atomic E-state index is 0.868. The van der Waals surface area contributed by atoms with Crippen molar-refractivity contribution in [1.29, 1.82) is 0 Å². The highest BCUT2D eigenvalue weighted by Crippen LogP contribution is 2.41. The molecule has 1 aromatic rings. The van der Waals surface area contributed by atoms with Crippen LogP contribution in [-0.4, -0.2) is 60.7 Å². The molecule has 2 fully saturated rings. The first-order valence-electron chi connectivity index (χ1n) is 8.48. The van der Waals surface area contributed by atoms with Gasteiger partial charge in [0, 0.05) is 31.9 Å². The van der Waals surface area contributed by atoms with Gasteiger partial charge in [-0.15, -0.1) is 0 Å². The van der Waals surface area contributed by atoms with Crippen molar-refractivity contribution >= 4 is 17.6 Å². The topological polar surface area (TPSA) is 89.9 Å². The second-order valence-corrected chi connectivity index (χ2v) is 6.21. The highest BCUT2D eigenvalue weighted by atomic mass is 19.4. The molecule has 1 aromatic carbocycles. The number of nitrogens with one attached hydrogen (secondary N) is 1. The largest absolute Gasteiger partial charge is 0.490 e. The summed E-state index contributed by atoms with van der Waals surface area (Å²) in [6.45, 7) is 4.53. The molecule has 1 heterocycles. The summed E-state index contributed by atoms with van der Waals surface area (Å²) >= 11 is 0. The summed E-state index contributed by atoms with van der Waals surface area (Å²) in [6, 6.07) is 9.13. The molecular formula is C17H20F6N2O4. The monoisotopic (exact) mass is 430 g/mol. The number of alkyl halides is 6. The number of benzene rings is 1. The lowest BCUT2D eigenvalue weighted by Crippen LogP contribution is -2.43. The van der Waals surface area contributed by atoms with Crippen molar-refractivity contribution in [3.8, 4) is 0 Å². The Morgan fingerprint density at radius 3 is 1.76 bits per heavy atom. The summed E-state index contributed by atoms with van der Waals surface area (Å²) < 4.78 is 63.5. The number of hydrogen-bond acceptors (Lipinski definition) is 4. The predicted octanol–water partition coefficient (Wildman–Crippen LogP) is 3.24. The smallest absolute Gasteiger partial charge is 0.475 e. The lowest BCUT2D eigenvalue weighted by Gasteiger charge is -2.29. The van der Waals surface area contributed by atoms with Gasteiger partial charge in [-0.25, -0.2) is 9.59 Å². The Balaban J connectivity index is 0.000000255. The Labute approximate surface area is 162 Å². The van der Waals surface area contributed by atoms with E-state index in [-0.39, 0.29) is 0 Å². The zero-order valence-electron chi connectivity index (χ0n) is 15.1. The van der Waals surface area contributed by atoms with E-state index in [0.29, 0.717) is 0 Å². The highest BCUT2D eigenvalue weighted by molar-refractivity contribution is 5.73. The molecule has 0 radical (unpaired) electrons. The first-order chi connectivity index (χ1) is 13.3. The number of carbonyl (C=O) groups is 2. The van der Waals surface area contributed by atoms with E-state index < -0.39 is 24.3 Å². The number of carboxylic acid groups (broad SMARTS) is 2. The van der Waals surface area contributed by atoms with Gasteiger partial charge in [0.1, 0.15) is 0 Å². The summed E-state index contributed by atoms with van der Waals surface area (Å²) in [4.78, 5) is 20.3. The van der Waals surface area contributed by atoms with E-state index in [2.05, 4.69) is 34.5 Å². The molecule has 0 spiro atoms. The van der Waals surface area contributed by atoms with Crippen LogP contribution in [0.3, 0.4) is 0 Å². The Kier molecular flexibility index (Phi) is 8.74. The van der Waals surface area contributed by atoms with Crippen LogP contribution in [0.5, 0.6) is 0 Å². The van der Waals surface area contributed by atoms with Crippen LogP contribution < -0.4 is 10.2 Å². The molecule has 29 heavy (non-hydrogen) atoms. The number of piperazine rings is 1. The van der Waals surface area contributed by atoms with Crippen molar-refractivity contribution in [3.05, 3.63) is 29.8 Å². The van der Waals surface area contributed by atoms with E-state index in [1.807, 2.05) is 0 Å². The first-order valence-corrected chi connectivity index (χ1v) is 8.48. The first kappa shape index (κ1) is 24.5. The second-order valence-electron chi connectivity index (χ2n) is 6.21. The van der Waals surface area contributed by atoms with Crippen LogP contribution in [0.2, 0.25) is 0 Å². The van der Waals surface area contributed by atoms with Gasteiger partial charge in [-0.3, -0.25) is 0 Å². The molecule has 0 atom stereocenters. The summed E-state index contributed by atoms with van der Waals surface area (Å²) in [5.74, 6) is -4.65. The number of rotatable bonds is 2. The normalized spacial score (nSPS) is 16.7. The van der Waals surface area contributed by atoms with Crippen LogP contribution in [0.25, 0.3) is 0 Å². The predicted molar refractivity (Wildman–Crippen MR) is 90.9 cm³/mol. The molecule has 0 bridgehead atoms. The Morgan fingerprint density at radius 2 is 1.38 bits per heavy atom. The van der Waals surface area contributed by atoms with Crippen LogP contribution in [-0.2, 0) is 9.59 Å². The molecule has 3 rings (SSSR count). The van der Waals surface area contributed by atoms with E-state index in [4.69, 9.17) is 19.8 Å². The van der Waals surface area contributed by atoms with E-state index in [1.54, 1.807) is 5.56 Å². The summed E-state index contributed by atoms with van der Waals surface area (Å²) in [5, 5.41) is 17.6. The fourth-order valence-electron chi connectivity index (χ4n) is 2.32. The SMILES string of the molecule is O=C(O)C(F)(F)F.O=C(O)C(F)(F)F.c1cc(C2CC2)cc(N2CCNCC2)c1. The number of nitrogens with zero attached hydrogens (tertiary/aromatic N) is 1. The van der Waals surface area contributed by atoms with Crippen LogP contribution in [0.1, 0.15) is 24.3 Å². The molecule has 2 aliphatic rings. The van der Waals surface area contributed by atoms with Crippen molar-refractivity contribution in [2.24, 2.45) is 0 Å². The van der Waals surface area contributed by atoms with E-state index in [0.717, 1.165) is 32.1 Å². The lowest BCUT2D eigenvalue weighted by atomic mass is 10.1. The Morgan fingerprint density at radius 1 is 0.931 bits per heavy atom. The van der Waals surface area contributed by atoms with Crippen molar-refractivity contribution < 1.29 is 46.1 Å². The third-order valence-corrected chi connectivity index (χ3v) is 3.89. The van der Waals surface area contributed by atoms with Gasteiger partial charge in [0.15, 0.2) is 0 Å². The van der Waals surface area contributed by atoms with E-state index in [1.165, 1.54) is 18.5 Å². The second kappa shape index (κ2) is 10.3. The zero-order valence-corrected chi connectivity index (χ0v) is 15.1. The van der Waals surface area contributed by atoms with Crippen molar-refractivity contribution in [2.75, 3.05) is 31.1 Å². The highest BCUT2D eigenvalue weighted by Gasteiger charge is 2.38. The maximum absolute atomic E-state index is 10.6. The van der Waals surface area contributed by atoms with Crippen LogP contribution >= 0.6 is 0 Å². The van der Waals surface area contributed by atoms with Gasteiger partial charge in [0.25, 0.3) is 0 Å². The number of anilines is 1. The number of aliphatic carboxylic acids is 2. The van der Waals surface area contributed by atoms with Crippen LogP contribution in [0, 0.1) is 0 Å². The molecule has 164 valence electrons. The lowest BCUT2D eigenvalue weighted by molar-refractivity contribution is -0.193. The standard InChI is InChI=1S/C13H18N2.2C2HF3O2/c1-2-12(11-4-5-11)10-13(3-1)15-8-6-14-7-9-15;2*3-2(4,5)1(6)7/h1-3,10-11,14H,4-9H2;2*(H,6,7). The minimum atomic E-state index is -5.08. The molecule has 1 saturated heterocycles. The fourth-order valence-corrected chi connectivity index (χ4v) is 2.32. The number of hydrogen-bond donors (Lipinski definition) is 3. The molecule has 0 amide bonds. The van der Waals surface area contributed by atoms with Crippen molar-refractivity contribution in [3.63, 3.8) is 0 Å². The van der Waals surface area contributed by atoms with E-state index >= 15 is 0 Å². The van der Waals surface area contributed by atoms with Gasteiger partial charge in [0.2, 0.25) is 0 Å². The summed E-state index contributed by atoms with van der Waals surface area (Å²) in [6.07, 6.45) is -7.38. The van der Waals surface area contributed by atoms with Gasteiger partial charge in [-0.2, -0.15) is 26.3 Å². The molecule has 3 N–H and O–H groups in total. The summed E-state index contributed by atoms with van der Waals surface area (Å²) in [5.41, 5.74) is 2.96. The van der Waals surface area contributed by atoms with Gasteiger partial charge >= 0.3 is 24.3 Å². The molecule has 0 aromatic heterocycles. The van der Waals surface area contributed by atoms with Gasteiger partial charge in [0.05, 0.1) is 0 Å². The number of carboxylic acids is 2. The molecular weight excluding hydrogens is 410 g/mol. The molecule has 0 unspecified atom stereocenters. The maximum Gasteiger partial charge on any atom is 0.490 e. The van der Waals surface area contributed by atoms with E-state index in [9.17, 15) is 26.3 Å². The molecule has 1 aliphatic carbocycles. The minimum Gasteiger partial charge on any atom is -0.475 e. The van der Waals surface area contributed by atoms with Gasteiger partial charge in [-0.1, -0.05) is 12.1 Å². The average molecular weight is 430 g/mol. The third kappa shape index (κ3) is 9.50. The molecule has 1 aliphatic heterocycles. The summed E-state index contributed by atoms with van der Waals surface area (Å²) in [7, 11) is 0. The Hall–Kier alpha value is -2.50. The third-order valence-electron chi connectivity index (χ3n) is 3.89.